The first-order valence-corrected chi connectivity index (χ1v) is 13.7. The summed E-state index contributed by atoms with van der Waals surface area (Å²) in [6, 6.07) is 12.5. The Balaban J connectivity index is 2.13. The van der Waals surface area contributed by atoms with Crippen molar-refractivity contribution in [2.75, 3.05) is 19.2 Å². The first kappa shape index (κ1) is 32.8. The number of rotatable bonds is 8. The van der Waals surface area contributed by atoms with Gasteiger partial charge in [0, 0.05) is 42.4 Å². The van der Waals surface area contributed by atoms with Gasteiger partial charge in [-0.15, -0.1) is 0 Å². The molecule has 10 nitrogen and oxygen atoms in total. The lowest BCUT2D eigenvalue weighted by atomic mass is 9.85. The Morgan fingerprint density at radius 1 is 1.00 bits per heavy atom. The summed E-state index contributed by atoms with van der Waals surface area (Å²) in [6.07, 6.45) is 3.13. The fraction of sp³-hybridized carbons (Fsp3) is 0.364. The van der Waals surface area contributed by atoms with Crippen molar-refractivity contribution in [3.05, 3.63) is 76.6 Å². The number of ether oxygens (including phenoxy) is 3. The van der Waals surface area contributed by atoms with Crippen LogP contribution in [0.4, 0.5) is 10.5 Å². The molecule has 0 N–H and O–H groups in total. The molecule has 0 radical (unpaired) electrons. The lowest BCUT2D eigenvalue weighted by Crippen LogP contribution is -2.28. The van der Waals surface area contributed by atoms with E-state index in [1.54, 1.807) is 63.3 Å². The third-order valence-corrected chi connectivity index (χ3v) is 6.49. The second-order valence-electron chi connectivity index (χ2n) is 12.0. The standard InChI is InChI=1S/C33H39N3O7/c1-21(38)42-20-27-26(24-16-29(30(39)41-9)36(18-24)31(40)43-33(5,6)7)11-10-12-28(27)35(8)34-17-23-15-25(32(2,3)4)14-13-22(23)19-37/h10-19H,20H2,1-9H3/b34-17-. The van der Waals surface area contributed by atoms with Gasteiger partial charge in [0.2, 0.25) is 0 Å². The van der Waals surface area contributed by atoms with Gasteiger partial charge in [-0.1, -0.05) is 45.0 Å². The van der Waals surface area contributed by atoms with Crippen molar-refractivity contribution in [1.29, 1.82) is 0 Å². The number of nitrogens with zero attached hydrogens (tertiary/aromatic N) is 3. The number of carbonyl (C=O) groups is 4. The second-order valence-corrected chi connectivity index (χ2v) is 12.0. The van der Waals surface area contributed by atoms with Gasteiger partial charge in [-0.3, -0.25) is 14.6 Å². The summed E-state index contributed by atoms with van der Waals surface area (Å²) >= 11 is 0. The minimum absolute atomic E-state index is 0.0258. The van der Waals surface area contributed by atoms with E-state index in [0.29, 0.717) is 33.5 Å². The highest BCUT2D eigenvalue weighted by molar-refractivity contribution is 5.95. The van der Waals surface area contributed by atoms with Crippen molar-refractivity contribution < 1.29 is 33.4 Å². The molecule has 0 aliphatic heterocycles. The molecule has 0 unspecified atom stereocenters. The zero-order chi connectivity index (χ0) is 32.1. The first-order valence-electron chi connectivity index (χ1n) is 13.7. The fourth-order valence-corrected chi connectivity index (χ4v) is 4.28. The largest absolute Gasteiger partial charge is 0.464 e. The quantitative estimate of drug-likeness (QED) is 0.0979. The molecule has 43 heavy (non-hydrogen) atoms. The lowest BCUT2D eigenvalue weighted by Gasteiger charge is -2.21. The molecule has 0 saturated carbocycles. The number of carbonyl (C=O) groups excluding carboxylic acids is 4. The Bertz CT molecular complexity index is 1560. The molecular weight excluding hydrogens is 550 g/mol. The Labute approximate surface area is 252 Å². The molecule has 2 aromatic carbocycles. The number of esters is 2. The number of benzene rings is 2. The molecule has 0 fully saturated rings. The fourth-order valence-electron chi connectivity index (χ4n) is 4.28. The van der Waals surface area contributed by atoms with Crippen LogP contribution in [-0.2, 0) is 31.0 Å². The van der Waals surface area contributed by atoms with Crippen LogP contribution in [0.1, 0.15) is 86.0 Å². The predicted octanol–water partition coefficient (Wildman–Crippen LogP) is 6.37. The van der Waals surface area contributed by atoms with Gasteiger partial charge in [-0.25, -0.2) is 14.2 Å². The van der Waals surface area contributed by atoms with E-state index in [-0.39, 0.29) is 17.7 Å². The molecule has 3 aromatic rings. The van der Waals surface area contributed by atoms with E-state index < -0.39 is 23.6 Å². The van der Waals surface area contributed by atoms with E-state index in [2.05, 4.69) is 25.9 Å². The van der Waals surface area contributed by atoms with Gasteiger partial charge >= 0.3 is 18.0 Å². The van der Waals surface area contributed by atoms with Crippen molar-refractivity contribution in [2.45, 2.75) is 66.1 Å². The Hall–Kier alpha value is -4.73. The van der Waals surface area contributed by atoms with E-state index in [0.717, 1.165) is 16.4 Å². The minimum Gasteiger partial charge on any atom is -0.464 e. The Morgan fingerprint density at radius 3 is 2.28 bits per heavy atom. The van der Waals surface area contributed by atoms with Crippen LogP contribution in [0.5, 0.6) is 0 Å². The van der Waals surface area contributed by atoms with Gasteiger partial charge in [0.05, 0.1) is 19.0 Å². The molecule has 3 rings (SSSR count). The monoisotopic (exact) mass is 589 g/mol. The van der Waals surface area contributed by atoms with Crippen LogP contribution in [0, 0.1) is 0 Å². The molecule has 0 aliphatic carbocycles. The molecule has 228 valence electrons. The molecule has 1 aromatic heterocycles. The third-order valence-electron chi connectivity index (χ3n) is 6.49. The summed E-state index contributed by atoms with van der Waals surface area (Å²) in [5.41, 5.74) is 3.52. The number of hydrogen-bond acceptors (Lipinski definition) is 9. The van der Waals surface area contributed by atoms with E-state index in [1.807, 2.05) is 12.1 Å². The average molecular weight is 590 g/mol. The van der Waals surface area contributed by atoms with E-state index in [4.69, 9.17) is 14.2 Å². The SMILES string of the molecule is COC(=O)c1cc(-c2cccc(N(C)/N=C\c3cc(C(C)(C)C)ccc3C=O)c2COC(C)=O)cn1C(=O)OC(C)(C)C. The molecule has 0 aliphatic rings. The zero-order valence-corrected chi connectivity index (χ0v) is 26.2. The van der Waals surface area contributed by atoms with Gasteiger partial charge in [-0.2, -0.15) is 5.10 Å². The molecule has 1 heterocycles. The Kier molecular flexibility index (Phi) is 9.96. The molecule has 0 spiro atoms. The number of aromatic nitrogens is 1. The van der Waals surface area contributed by atoms with Crippen LogP contribution in [0.25, 0.3) is 11.1 Å². The maximum atomic E-state index is 13.0. The number of methoxy groups -OCH3 is 1. The molecule has 0 amide bonds. The first-order chi connectivity index (χ1) is 20.1. The van der Waals surface area contributed by atoms with Gasteiger partial charge in [0.15, 0.2) is 6.29 Å². The summed E-state index contributed by atoms with van der Waals surface area (Å²) in [4.78, 5) is 49.2. The van der Waals surface area contributed by atoms with Crippen molar-refractivity contribution in [3.8, 4) is 11.1 Å². The maximum Gasteiger partial charge on any atom is 0.419 e. The maximum absolute atomic E-state index is 13.0. The van der Waals surface area contributed by atoms with Crippen molar-refractivity contribution in [1.82, 2.24) is 4.57 Å². The summed E-state index contributed by atoms with van der Waals surface area (Å²) in [5.74, 6) is -1.21. The van der Waals surface area contributed by atoms with Crippen LogP contribution in [-0.4, -0.2) is 54.9 Å². The average Bonchev–Trinajstić information content (AvgIpc) is 3.38. The van der Waals surface area contributed by atoms with Crippen LogP contribution in [0.3, 0.4) is 0 Å². The summed E-state index contributed by atoms with van der Waals surface area (Å²) in [5, 5.41) is 6.21. The Morgan fingerprint density at radius 2 is 1.70 bits per heavy atom. The number of hydrogen-bond donors (Lipinski definition) is 0. The molecule has 0 bridgehead atoms. The van der Waals surface area contributed by atoms with Gasteiger partial charge in [-0.05, 0) is 55.5 Å². The molecule has 0 atom stereocenters. The van der Waals surface area contributed by atoms with Gasteiger partial charge in [0.25, 0.3) is 0 Å². The van der Waals surface area contributed by atoms with Gasteiger partial charge < -0.3 is 14.2 Å². The normalized spacial score (nSPS) is 11.7. The summed E-state index contributed by atoms with van der Waals surface area (Å²) in [7, 11) is 2.95. The van der Waals surface area contributed by atoms with Gasteiger partial charge in [0.1, 0.15) is 17.9 Å². The second kappa shape index (κ2) is 13.1. The highest BCUT2D eigenvalue weighted by Crippen LogP contribution is 2.34. The topological polar surface area (TPSA) is 117 Å². The summed E-state index contributed by atoms with van der Waals surface area (Å²) in [6.45, 7) is 12.6. The van der Waals surface area contributed by atoms with Crippen molar-refractivity contribution in [3.63, 3.8) is 0 Å². The van der Waals surface area contributed by atoms with Crippen LogP contribution in [0.2, 0.25) is 0 Å². The van der Waals surface area contributed by atoms with E-state index in [1.165, 1.54) is 26.3 Å². The van der Waals surface area contributed by atoms with Crippen LogP contribution < -0.4 is 5.01 Å². The lowest BCUT2D eigenvalue weighted by molar-refractivity contribution is -0.142. The highest BCUT2D eigenvalue weighted by atomic mass is 16.6. The highest BCUT2D eigenvalue weighted by Gasteiger charge is 2.26. The number of anilines is 1. The van der Waals surface area contributed by atoms with Crippen LogP contribution >= 0.6 is 0 Å². The number of hydrazone groups is 1. The molecule has 0 saturated heterocycles. The van der Waals surface area contributed by atoms with E-state index in [9.17, 15) is 19.2 Å². The van der Waals surface area contributed by atoms with E-state index >= 15 is 0 Å². The summed E-state index contributed by atoms with van der Waals surface area (Å²) < 4.78 is 16.9. The molecular formula is C33H39N3O7. The smallest absolute Gasteiger partial charge is 0.419 e. The number of aldehydes is 1. The minimum atomic E-state index is -0.799. The van der Waals surface area contributed by atoms with Crippen LogP contribution in [0.15, 0.2) is 53.8 Å². The molecule has 10 heteroatoms. The predicted molar refractivity (Wildman–Crippen MR) is 165 cm³/mol. The van der Waals surface area contributed by atoms with Crippen molar-refractivity contribution in [2.24, 2.45) is 5.10 Å². The van der Waals surface area contributed by atoms with Crippen molar-refractivity contribution >= 4 is 36.2 Å². The third kappa shape index (κ3) is 8.18. The zero-order valence-electron chi connectivity index (χ0n) is 26.2.